The number of ketones is 1. The maximum atomic E-state index is 12.6. The number of Topliss-reactive ketones (excluding diaryl/α,β-unsaturated/α-hetero) is 1. The van der Waals surface area contributed by atoms with E-state index in [1.54, 1.807) is 0 Å². The van der Waals surface area contributed by atoms with Crippen LogP contribution in [0.4, 0.5) is 4.79 Å². The number of ether oxygens (including phenoxy) is 1. The Morgan fingerprint density at radius 2 is 1.97 bits per heavy atom. The van der Waals surface area contributed by atoms with Crippen LogP contribution in [0.3, 0.4) is 0 Å². The van der Waals surface area contributed by atoms with Gasteiger partial charge in [0, 0.05) is 43.2 Å². The van der Waals surface area contributed by atoms with Crippen molar-refractivity contribution in [2.24, 2.45) is 17.8 Å². The lowest BCUT2D eigenvalue weighted by Crippen LogP contribution is -2.42. The Morgan fingerprint density at radius 1 is 1.26 bits per heavy atom. The van der Waals surface area contributed by atoms with E-state index in [9.17, 15) is 14.7 Å². The number of amides is 1. The Morgan fingerprint density at radius 3 is 2.63 bits per heavy atom. The van der Waals surface area contributed by atoms with E-state index in [4.69, 9.17) is 17.0 Å². The number of aliphatic hydroxyl groups excluding tert-OH is 1. The second-order valence-electron chi connectivity index (χ2n) is 12.4. The number of aliphatic hydroxyl groups is 1. The van der Waals surface area contributed by atoms with Gasteiger partial charge in [-0.2, -0.15) is 0 Å². The van der Waals surface area contributed by atoms with Crippen molar-refractivity contribution in [1.82, 2.24) is 15.1 Å². The first-order valence-corrected chi connectivity index (χ1v) is 14.4. The van der Waals surface area contributed by atoms with Crippen molar-refractivity contribution in [1.29, 1.82) is 0 Å². The lowest BCUT2D eigenvalue weighted by Gasteiger charge is -2.35. The first-order chi connectivity index (χ1) is 17.9. The van der Waals surface area contributed by atoms with Crippen LogP contribution in [0.1, 0.15) is 66.7 Å². The van der Waals surface area contributed by atoms with Crippen LogP contribution in [0.15, 0.2) is 47.3 Å². The standard InChI is InChI=1S/C30H43N3O4S/c1-19(2)23-17-24(27(35)18-26(23)34)28(38)31-22-6-7-25-21(16-22)11-15-32(25)12-8-20-9-13-33(14-10-20)29(36)37-30(3,4)5/h6,11,15-17,19-20,23,25-26,34H,7-10,12-14,18H2,1-5H3,(H,31,38). The minimum atomic E-state index is -0.641. The van der Waals surface area contributed by atoms with Gasteiger partial charge in [-0.1, -0.05) is 38.2 Å². The first-order valence-electron chi connectivity index (χ1n) is 14.0. The summed E-state index contributed by atoms with van der Waals surface area (Å²) in [5, 5.41) is 13.6. The van der Waals surface area contributed by atoms with Gasteiger partial charge in [0.1, 0.15) is 10.6 Å². The first kappa shape index (κ1) is 28.6. The molecule has 1 fully saturated rings. The van der Waals surface area contributed by atoms with Gasteiger partial charge in [-0.05, 0) is 82.2 Å². The van der Waals surface area contributed by atoms with Crippen molar-refractivity contribution in [3.05, 3.63) is 47.3 Å². The number of rotatable bonds is 6. The van der Waals surface area contributed by atoms with E-state index in [0.717, 1.165) is 51.0 Å². The van der Waals surface area contributed by atoms with Gasteiger partial charge in [0.25, 0.3) is 0 Å². The quantitative estimate of drug-likeness (QED) is 0.464. The van der Waals surface area contributed by atoms with Gasteiger partial charge >= 0.3 is 6.09 Å². The van der Waals surface area contributed by atoms with Crippen LogP contribution in [0.5, 0.6) is 0 Å². The van der Waals surface area contributed by atoms with Gasteiger partial charge in [0.05, 0.1) is 12.1 Å². The van der Waals surface area contributed by atoms with E-state index in [1.807, 2.05) is 45.6 Å². The summed E-state index contributed by atoms with van der Waals surface area (Å²) in [7, 11) is 0. The Balaban J connectivity index is 1.25. The molecule has 0 aromatic rings. The number of hydrogen-bond donors (Lipinski definition) is 2. The summed E-state index contributed by atoms with van der Waals surface area (Å²) >= 11 is 5.60. The molecule has 3 atom stereocenters. The number of allylic oxidation sites excluding steroid dienone is 1. The molecule has 2 N–H and O–H groups in total. The SMILES string of the molecule is CC(C)C1C=C(C(=S)NC2=CCC3C(=C2)C=CN3CCC2CCN(C(=O)OC(C)(C)C)CC2)C(=O)CC1O. The molecular weight excluding hydrogens is 498 g/mol. The van der Waals surface area contributed by atoms with Gasteiger partial charge in [0.15, 0.2) is 5.78 Å². The maximum Gasteiger partial charge on any atom is 0.410 e. The minimum Gasteiger partial charge on any atom is -0.444 e. The fourth-order valence-electron chi connectivity index (χ4n) is 5.73. The molecule has 3 unspecified atom stereocenters. The molecule has 1 amide bonds. The molecule has 2 aliphatic carbocycles. The number of thiocarbonyl (C=S) groups is 1. The number of carbonyl (C=O) groups excluding carboxylic acids is 2. The summed E-state index contributed by atoms with van der Waals surface area (Å²) in [5.41, 5.74) is 2.23. The zero-order valence-electron chi connectivity index (χ0n) is 23.4. The van der Waals surface area contributed by atoms with Gasteiger partial charge in [-0.3, -0.25) is 4.79 Å². The highest BCUT2D eigenvalue weighted by Crippen LogP contribution is 2.32. The molecule has 208 valence electrons. The Labute approximate surface area is 232 Å². The van der Waals surface area contributed by atoms with Crippen LogP contribution in [0, 0.1) is 17.8 Å². The fraction of sp³-hybridized carbons (Fsp3) is 0.633. The van der Waals surface area contributed by atoms with Crippen LogP contribution >= 0.6 is 12.2 Å². The summed E-state index contributed by atoms with van der Waals surface area (Å²) < 4.78 is 5.52. The minimum absolute atomic E-state index is 0.0682. The van der Waals surface area contributed by atoms with Crippen molar-refractivity contribution >= 4 is 29.1 Å². The number of carbonyl (C=O) groups is 2. The van der Waals surface area contributed by atoms with E-state index in [2.05, 4.69) is 34.6 Å². The zero-order chi connectivity index (χ0) is 27.6. The molecule has 0 bridgehead atoms. The molecule has 4 aliphatic rings. The molecule has 0 spiro atoms. The largest absolute Gasteiger partial charge is 0.444 e. The third kappa shape index (κ3) is 6.94. The van der Waals surface area contributed by atoms with Crippen molar-refractivity contribution < 1.29 is 19.4 Å². The van der Waals surface area contributed by atoms with Crippen molar-refractivity contribution in [2.75, 3.05) is 19.6 Å². The topological polar surface area (TPSA) is 82.1 Å². The molecule has 7 nitrogen and oxygen atoms in total. The zero-order valence-corrected chi connectivity index (χ0v) is 24.2. The average molecular weight is 542 g/mol. The van der Waals surface area contributed by atoms with Gasteiger partial charge in [0.2, 0.25) is 0 Å². The number of hydrogen-bond acceptors (Lipinski definition) is 6. The van der Waals surface area contributed by atoms with Crippen molar-refractivity contribution in [2.45, 2.75) is 84.5 Å². The van der Waals surface area contributed by atoms with E-state index >= 15 is 0 Å². The van der Waals surface area contributed by atoms with Crippen LogP contribution in [-0.4, -0.2) is 69.2 Å². The lowest BCUT2D eigenvalue weighted by atomic mass is 9.80. The van der Waals surface area contributed by atoms with Crippen LogP contribution < -0.4 is 5.32 Å². The highest BCUT2D eigenvalue weighted by Gasteiger charge is 2.33. The van der Waals surface area contributed by atoms with Gasteiger partial charge in [-0.15, -0.1) is 0 Å². The predicted octanol–water partition coefficient (Wildman–Crippen LogP) is 4.88. The van der Waals surface area contributed by atoms with Crippen LogP contribution in [0.25, 0.3) is 0 Å². The van der Waals surface area contributed by atoms with Gasteiger partial charge < -0.3 is 25.0 Å². The molecule has 0 saturated carbocycles. The van der Waals surface area contributed by atoms with E-state index in [-0.39, 0.29) is 30.1 Å². The number of fused-ring (bicyclic) bond motifs is 1. The summed E-state index contributed by atoms with van der Waals surface area (Å²) in [6.07, 6.45) is 13.8. The van der Waals surface area contributed by atoms with Crippen molar-refractivity contribution in [3.63, 3.8) is 0 Å². The Bertz CT molecular complexity index is 1060. The number of nitrogens with zero attached hydrogens (tertiary/aromatic N) is 2. The summed E-state index contributed by atoms with van der Waals surface area (Å²) in [6.45, 7) is 12.3. The molecule has 4 rings (SSSR count). The normalized spacial score (nSPS) is 26.1. The van der Waals surface area contributed by atoms with E-state index in [0.29, 0.717) is 22.5 Å². The number of piperidine rings is 1. The van der Waals surface area contributed by atoms with E-state index < -0.39 is 11.7 Å². The fourth-order valence-corrected chi connectivity index (χ4v) is 6.03. The van der Waals surface area contributed by atoms with Crippen LogP contribution in [-0.2, 0) is 9.53 Å². The third-order valence-corrected chi connectivity index (χ3v) is 8.28. The lowest BCUT2D eigenvalue weighted by molar-refractivity contribution is -0.118. The molecule has 1 saturated heterocycles. The second-order valence-corrected chi connectivity index (χ2v) is 12.8. The number of nitrogens with one attached hydrogen (secondary N) is 1. The molecule has 2 heterocycles. The molecule has 0 radical (unpaired) electrons. The van der Waals surface area contributed by atoms with Crippen LogP contribution in [0.2, 0.25) is 0 Å². The predicted molar refractivity (Wildman–Crippen MR) is 153 cm³/mol. The average Bonchev–Trinajstić information content (AvgIpc) is 3.24. The van der Waals surface area contributed by atoms with Crippen molar-refractivity contribution in [3.8, 4) is 0 Å². The maximum absolute atomic E-state index is 12.6. The highest BCUT2D eigenvalue weighted by atomic mass is 32.1. The second kappa shape index (κ2) is 11.7. The molecule has 0 aromatic heterocycles. The smallest absolute Gasteiger partial charge is 0.410 e. The third-order valence-electron chi connectivity index (χ3n) is 7.96. The summed E-state index contributed by atoms with van der Waals surface area (Å²) in [4.78, 5) is 29.6. The summed E-state index contributed by atoms with van der Waals surface area (Å²) in [6, 6.07) is 0.326. The Hall–Kier alpha value is -2.45. The molecule has 8 heteroatoms. The van der Waals surface area contributed by atoms with E-state index in [1.165, 1.54) is 5.57 Å². The summed E-state index contributed by atoms with van der Waals surface area (Å²) in [5.74, 6) is 0.678. The molecule has 38 heavy (non-hydrogen) atoms. The molecule has 0 aromatic carbocycles. The molecule has 2 aliphatic heterocycles. The number of likely N-dealkylation sites (tertiary alicyclic amines) is 1. The molecular formula is C30H43N3O4S. The van der Waals surface area contributed by atoms with Gasteiger partial charge in [-0.25, -0.2) is 4.79 Å². The Kier molecular flexibility index (Phi) is 8.82. The monoisotopic (exact) mass is 541 g/mol. The highest BCUT2D eigenvalue weighted by molar-refractivity contribution is 7.80.